The van der Waals surface area contributed by atoms with E-state index in [9.17, 15) is 4.79 Å². The summed E-state index contributed by atoms with van der Waals surface area (Å²) in [6.45, 7) is 6.31. The summed E-state index contributed by atoms with van der Waals surface area (Å²) in [4.78, 5) is 10.7. The standard InChI is InChI=1S/C14H20O2/c1-10(9-14(15)16)11(2)12(3)13-7-5-4-6-8-13/h4-8,10-12H,9H2,1-3H3,(H,15,16). The van der Waals surface area contributed by atoms with E-state index in [1.807, 2.05) is 25.1 Å². The molecule has 0 aromatic heterocycles. The average Bonchev–Trinajstić information content (AvgIpc) is 2.27. The summed E-state index contributed by atoms with van der Waals surface area (Å²) >= 11 is 0. The Morgan fingerprint density at radius 2 is 1.75 bits per heavy atom. The number of benzene rings is 1. The second-order valence-corrected chi connectivity index (χ2v) is 4.63. The summed E-state index contributed by atoms with van der Waals surface area (Å²) in [5, 5.41) is 8.79. The van der Waals surface area contributed by atoms with Crippen molar-refractivity contribution in [3.63, 3.8) is 0 Å². The number of carboxylic acid groups (broad SMARTS) is 1. The first kappa shape index (κ1) is 12.8. The smallest absolute Gasteiger partial charge is 0.303 e. The van der Waals surface area contributed by atoms with Gasteiger partial charge < -0.3 is 5.11 Å². The third-order valence-corrected chi connectivity index (χ3v) is 3.51. The van der Waals surface area contributed by atoms with Crippen LogP contribution in [0.2, 0.25) is 0 Å². The summed E-state index contributed by atoms with van der Waals surface area (Å²) in [5.74, 6) is 0.265. The van der Waals surface area contributed by atoms with Crippen LogP contribution in [0, 0.1) is 11.8 Å². The van der Waals surface area contributed by atoms with Gasteiger partial charge in [-0.1, -0.05) is 51.1 Å². The normalized spacial score (nSPS) is 16.4. The zero-order chi connectivity index (χ0) is 12.1. The molecular formula is C14H20O2. The minimum Gasteiger partial charge on any atom is -0.481 e. The molecule has 0 bridgehead atoms. The van der Waals surface area contributed by atoms with E-state index in [1.165, 1.54) is 5.56 Å². The van der Waals surface area contributed by atoms with Crippen LogP contribution in [0.4, 0.5) is 0 Å². The second-order valence-electron chi connectivity index (χ2n) is 4.63. The predicted molar refractivity (Wildman–Crippen MR) is 65.4 cm³/mol. The first-order chi connectivity index (χ1) is 7.52. The third kappa shape index (κ3) is 3.37. The molecule has 0 aliphatic heterocycles. The van der Waals surface area contributed by atoms with Crippen molar-refractivity contribution in [2.45, 2.75) is 33.1 Å². The van der Waals surface area contributed by atoms with Crippen molar-refractivity contribution in [1.82, 2.24) is 0 Å². The predicted octanol–water partition coefficient (Wildman–Crippen LogP) is 3.54. The van der Waals surface area contributed by atoms with Crippen molar-refractivity contribution < 1.29 is 9.90 Å². The fraction of sp³-hybridized carbons (Fsp3) is 0.500. The molecule has 2 nitrogen and oxygen atoms in total. The van der Waals surface area contributed by atoms with E-state index < -0.39 is 5.97 Å². The zero-order valence-electron chi connectivity index (χ0n) is 10.2. The van der Waals surface area contributed by atoms with E-state index in [0.29, 0.717) is 11.8 Å². The van der Waals surface area contributed by atoms with Crippen LogP contribution in [-0.2, 0) is 4.79 Å². The van der Waals surface area contributed by atoms with Gasteiger partial charge in [0.05, 0.1) is 0 Å². The lowest BCUT2D eigenvalue weighted by Crippen LogP contribution is -2.18. The molecule has 1 N–H and O–H groups in total. The van der Waals surface area contributed by atoms with Crippen LogP contribution in [0.15, 0.2) is 30.3 Å². The van der Waals surface area contributed by atoms with Crippen LogP contribution < -0.4 is 0 Å². The van der Waals surface area contributed by atoms with Gasteiger partial charge in [-0.15, -0.1) is 0 Å². The quantitative estimate of drug-likeness (QED) is 0.824. The molecule has 0 saturated carbocycles. The van der Waals surface area contributed by atoms with Crippen LogP contribution >= 0.6 is 0 Å². The van der Waals surface area contributed by atoms with E-state index >= 15 is 0 Å². The Bertz CT molecular complexity index is 332. The van der Waals surface area contributed by atoms with Crippen molar-refractivity contribution in [3.05, 3.63) is 35.9 Å². The highest BCUT2D eigenvalue weighted by atomic mass is 16.4. The SMILES string of the molecule is CC(CC(=O)O)C(C)C(C)c1ccccc1. The molecule has 0 spiro atoms. The lowest BCUT2D eigenvalue weighted by Gasteiger charge is -2.25. The molecule has 3 atom stereocenters. The minimum absolute atomic E-state index is 0.202. The largest absolute Gasteiger partial charge is 0.481 e. The van der Waals surface area contributed by atoms with Crippen LogP contribution in [0.25, 0.3) is 0 Å². The molecule has 0 aliphatic carbocycles. The summed E-state index contributed by atoms with van der Waals surface area (Å²) in [6, 6.07) is 10.3. The Morgan fingerprint density at radius 3 is 2.25 bits per heavy atom. The van der Waals surface area contributed by atoms with Crippen molar-refractivity contribution >= 4 is 5.97 Å². The Balaban J connectivity index is 2.67. The lowest BCUT2D eigenvalue weighted by atomic mass is 9.80. The molecule has 0 saturated heterocycles. The molecule has 3 unspecified atom stereocenters. The van der Waals surface area contributed by atoms with Gasteiger partial charge in [0.25, 0.3) is 0 Å². The van der Waals surface area contributed by atoms with Crippen LogP contribution in [0.1, 0.15) is 38.7 Å². The van der Waals surface area contributed by atoms with E-state index in [4.69, 9.17) is 5.11 Å². The number of hydrogen-bond acceptors (Lipinski definition) is 1. The maximum absolute atomic E-state index is 10.7. The van der Waals surface area contributed by atoms with Crippen LogP contribution in [-0.4, -0.2) is 11.1 Å². The molecular weight excluding hydrogens is 200 g/mol. The first-order valence-electron chi connectivity index (χ1n) is 5.79. The van der Waals surface area contributed by atoms with Crippen molar-refractivity contribution in [2.24, 2.45) is 11.8 Å². The van der Waals surface area contributed by atoms with E-state index in [2.05, 4.69) is 26.0 Å². The number of carbonyl (C=O) groups is 1. The monoisotopic (exact) mass is 220 g/mol. The zero-order valence-corrected chi connectivity index (χ0v) is 10.2. The third-order valence-electron chi connectivity index (χ3n) is 3.51. The molecule has 16 heavy (non-hydrogen) atoms. The molecule has 0 radical (unpaired) electrons. The van der Waals surface area contributed by atoms with Gasteiger partial charge >= 0.3 is 5.97 Å². The maximum Gasteiger partial charge on any atom is 0.303 e. The van der Waals surface area contributed by atoms with Gasteiger partial charge in [0.2, 0.25) is 0 Å². The van der Waals surface area contributed by atoms with Gasteiger partial charge in [0, 0.05) is 6.42 Å². The fourth-order valence-electron chi connectivity index (χ4n) is 2.01. The first-order valence-corrected chi connectivity index (χ1v) is 5.79. The molecule has 0 aliphatic rings. The summed E-state index contributed by atoms with van der Waals surface area (Å²) in [6.07, 6.45) is 0.248. The summed E-state index contributed by atoms with van der Waals surface area (Å²) in [5.41, 5.74) is 1.28. The molecule has 2 heteroatoms. The van der Waals surface area contributed by atoms with Gasteiger partial charge in [-0.3, -0.25) is 4.79 Å². The van der Waals surface area contributed by atoms with Crippen molar-refractivity contribution in [2.75, 3.05) is 0 Å². The van der Waals surface area contributed by atoms with Crippen LogP contribution in [0.3, 0.4) is 0 Å². The molecule has 88 valence electrons. The van der Waals surface area contributed by atoms with E-state index in [1.54, 1.807) is 0 Å². The summed E-state index contributed by atoms with van der Waals surface area (Å²) < 4.78 is 0. The van der Waals surface area contributed by atoms with Crippen molar-refractivity contribution in [3.8, 4) is 0 Å². The minimum atomic E-state index is -0.709. The van der Waals surface area contributed by atoms with E-state index in [0.717, 1.165) is 0 Å². The van der Waals surface area contributed by atoms with Gasteiger partial charge in [-0.2, -0.15) is 0 Å². The second kappa shape index (κ2) is 5.69. The lowest BCUT2D eigenvalue weighted by molar-refractivity contribution is -0.138. The number of rotatable bonds is 5. The highest BCUT2D eigenvalue weighted by molar-refractivity contribution is 5.67. The molecule has 1 rings (SSSR count). The molecule has 0 fully saturated rings. The highest BCUT2D eigenvalue weighted by Gasteiger charge is 2.22. The van der Waals surface area contributed by atoms with Crippen LogP contribution in [0.5, 0.6) is 0 Å². The molecule has 0 heterocycles. The van der Waals surface area contributed by atoms with Gasteiger partial charge in [-0.25, -0.2) is 0 Å². The fourth-order valence-corrected chi connectivity index (χ4v) is 2.01. The maximum atomic E-state index is 10.7. The number of hydrogen-bond donors (Lipinski definition) is 1. The number of aliphatic carboxylic acids is 1. The molecule has 1 aromatic carbocycles. The number of carboxylic acids is 1. The van der Waals surface area contributed by atoms with Gasteiger partial charge in [0.15, 0.2) is 0 Å². The average molecular weight is 220 g/mol. The Morgan fingerprint density at radius 1 is 1.19 bits per heavy atom. The topological polar surface area (TPSA) is 37.3 Å². The Labute approximate surface area is 97.3 Å². The Hall–Kier alpha value is -1.31. The Kier molecular flexibility index (Phi) is 4.53. The van der Waals surface area contributed by atoms with Gasteiger partial charge in [0.1, 0.15) is 0 Å². The van der Waals surface area contributed by atoms with Gasteiger partial charge in [-0.05, 0) is 23.3 Å². The highest BCUT2D eigenvalue weighted by Crippen LogP contribution is 2.30. The van der Waals surface area contributed by atoms with E-state index in [-0.39, 0.29) is 12.3 Å². The molecule has 1 aromatic rings. The summed E-state index contributed by atoms with van der Waals surface area (Å²) in [7, 11) is 0. The molecule has 0 amide bonds. The van der Waals surface area contributed by atoms with Crippen molar-refractivity contribution in [1.29, 1.82) is 0 Å².